The van der Waals surface area contributed by atoms with Crippen LogP contribution in [-0.4, -0.2) is 120 Å². The van der Waals surface area contributed by atoms with Crippen molar-refractivity contribution >= 4 is 29.5 Å². The van der Waals surface area contributed by atoms with Crippen molar-refractivity contribution < 1.29 is 23.9 Å². The molecule has 0 radical (unpaired) electrons. The molecule has 1 aromatic rings. The van der Waals surface area contributed by atoms with Crippen LogP contribution in [-0.2, 0) is 20.9 Å². The molecule has 4 saturated heterocycles. The first-order chi connectivity index (χ1) is 20.0. The van der Waals surface area contributed by atoms with Crippen LogP contribution in [0.3, 0.4) is 0 Å². The van der Waals surface area contributed by atoms with Gasteiger partial charge in [0.15, 0.2) is 0 Å². The van der Waals surface area contributed by atoms with Gasteiger partial charge in [0.1, 0.15) is 11.6 Å². The molecule has 1 atom stereocenters. The van der Waals surface area contributed by atoms with Gasteiger partial charge in [-0.1, -0.05) is 0 Å². The van der Waals surface area contributed by atoms with E-state index in [4.69, 9.17) is 4.74 Å². The highest BCUT2D eigenvalue weighted by Crippen LogP contribution is 2.31. The predicted molar refractivity (Wildman–Crippen MR) is 157 cm³/mol. The summed E-state index contributed by atoms with van der Waals surface area (Å²) in [5.74, 6) is -0.131. The van der Waals surface area contributed by atoms with Crippen LogP contribution >= 0.6 is 0 Å². The van der Waals surface area contributed by atoms with Crippen LogP contribution < -0.4 is 10.2 Å². The number of amides is 4. The van der Waals surface area contributed by atoms with Gasteiger partial charge in [0, 0.05) is 89.2 Å². The van der Waals surface area contributed by atoms with E-state index in [2.05, 4.69) is 26.1 Å². The third-order valence-electron chi connectivity index (χ3n) is 9.42. The number of hydrogen-bond acceptors (Lipinski definition) is 8. The molecule has 5 aliphatic heterocycles. The van der Waals surface area contributed by atoms with Crippen LogP contribution in [0.1, 0.15) is 62.4 Å². The molecule has 0 unspecified atom stereocenters. The lowest BCUT2D eigenvalue weighted by Gasteiger charge is -2.49. The summed E-state index contributed by atoms with van der Waals surface area (Å²) in [6, 6.07) is 6.05. The summed E-state index contributed by atoms with van der Waals surface area (Å²) in [5.41, 5.74) is 2.29. The number of fused-ring (bicyclic) bond motifs is 1. The maximum atomic E-state index is 13.0. The van der Waals surface area contributed by atoms with Gasteiger partial charge in [-0.05, 0) is 69.7 Å². The zero-order valence-electron chi connectivity index (χ0n) is 25.1. The fraction of sp³-hybridized carbons (Fsp3) is 0.677. The largest absolute Gasteiger partial charge is 0.444 e. The molecule has 0 bridgehead atoms. The maximum absolute atomic E-state index is 13.0. The van der Waals surface area contributed by atoms with Crippen LogP contribution in [0.2, 0.25) is 0 Å². The van der Waals surface area contributed by atoms with Gasteiger partial charge < -0.3 is 19.4 Å². The molecule has 228 valence electrons. The van der Waals surface area contributed by atoms with E-state index in [1.165, 1.54) is 0 Å². The molecular formula is C31H44N6O5. The minimum absolute atomic E-state index is 0.126. The zero-order chi connectivity index (χ0) is 29.6. The molecule has 11 heteroatoms. The number of carbonyl (C=O) groups is 4. The monoisotopic (exact) mass is 580 g/mol. The Morgan fingerprint density at radius 1 is 0.976 bits per heavy atom. The highest BCUT2D eigenvalue weighted by Gasteiger charge is 2.40. The number of anilines is 1. The molecule has 4 amide bonds. The second-order valence-electron chi connectivity index (χ2n) is 13.5. The van der Waals surface area contributed by atoms with E-state index in [1.54, 1.807) is 4.90 Å². The number of carbonyl (C=O) groups excluding carboxylic acids is 4. The lowest BCUT2D eigenvalue weighted by atomic mass is 9.94. The summed E-state index contributed by atoms with van der Waals surface area (Å²) in [5, 5.41) is 2.37. The molecule has 1 N–H and O–H groups in total. The van der Waals surface area contributed by atoms with Crippen LogP contribution in [0.15, 0.2) is 18.2 Å². The minimum atomic E-state index is -0.582. The average Bonchev–Trinajstić information content (AvgIpc) is 3.25. The first-order valence-corrected chi connectivity index (χ1v) is 15.5. The number of likely N-dealkylation sites (tertiary alicyclic amines) is 2. The first kappa shape index (κ1) is 28.9. The fourth-order valence-corrected chi connectivity index (χ4v) is 7.02. The van der Waals surface area contributed by atoms with Crippen LogP contribution in [0, 0.1) is 5.92 Å². The second-order valence-corrected chi connectivity index (χ2v) is 13.5. The molecule has 11 nitrogen and oxygen atoms in total. The molecular weight excluding hydrogens is 536 g/mol. The molecule has 0 aromatic heterocycles. The van der Waals surface area contributed by atoms with Gasteiger partial charge in [0.2, 0.25) is 11.8 Å². The number of imide groups is 1. The lowest BCUT2D eigenvalue weighted by Crippen LogP contribution is -2.63. The van der Waals surface area contributed by atoms with E-state index in [1.807, 2.05) is 37.8 Å². The number of hydrogen-bond donors (Lipinski definition) is 1. The van der Waals surface area contributed by atoms with Crippen LogP contribution in [0.25, 0.3) is 0 Å². The molecule has 5 heterocycles. The van der Waals surface area contributed by atoms with Crippen molar-refractivity contribution in [1.29, 1.82) is 0 Å². The van der Waals surface area contributed by atoms with Gasteiger partial charge in [0.25, 0.3) is 5.91 Å². The number of benzene rings is 1. The van der Waals surface area contributed by atoms with Crippen molar-refractivity contribution in [1.82, 2.24) is 24.9 Å². The topological polar surface area (TPSA) is 106 Å². The van der Waals surface area contributed by atoms with Crippen molar-refractivity contribution in [3.05, 3.63) is 29.3 Å². The fourth-order valence-electron chi connectivity index (χ4n) is 7.02. The van der Waals surface area contributed by atoms with Crippen molar-refractivity contribution in [2.24, 2.45) is 5.92 Å². The zero-order valence-corrected chi connectivity index (χ0v) is 25.1. The predicted octanol–water partition coefficient (Wildman–Crippen LogP) is 1.90. The number of ether oxygens (including phenoxy) is 1. The van der Waals surface area contributed by atoms with E-state index in [0.717, 1.165) is 83.0 Å². The van der Waals surface area contributed by atoms with E-state index >= 15 is 0 Å². The van der Waals surface area contributed by atoms with E-state index < -0.39 is 11.6 Å². The van der Waals surface area contributed by atoms with Crippen molar-refractivity contribution in [3.8, 4) is 0 Å². The Hall–Kier alpha value is -3.18. The summed E-state index contributed by atoms with van der Waals surface area (Å²) in [6.45, 7) is 15.0. The molecule has 4 fully saturated rings. The van der Waals surface area contributed by atoms with Gasteiger partial charge in [-0.15, -0.1) is 0 Å². The number of piperazine rings is 1. The summed E-state index contributed by atoms with van der Waals surface area (Å²) >= 11 is 0. The number of rotatable bonds is 5. The SMILES string of the molecule is CC(C)(C)OC(=O)N1CCC(CN2CC(N3CCN(c4ccc5c(c4)CN([C@H]4CCC(=O)NC4=O)C5=O)CC3)C2)CC1. The summed E-state index contributed by atoms with van der Waals surface area (Å²) < 4.78 is 5.53. The highest BCUT2D eigenvalue weighted by molar-refractivity contribution is 6.05. The minimum Gasteiger partial charge on any atom is -0.444 e. The number of nitrogens with one attached hydrogen (secondary N) is 1. The van der Waals surface area contributed by atoms with Crippen molar-refractivity contribution in [2.45, 2.75) is 70.7 Å². The third-order valence-corrected chi connectivity index (χ3v) is 9.42. The quantitative estimate of drug-likeness (QED) is 0.527. The number of nitrogens with zero attached hydrogens (tertiary/aromatic N) is 5. The van der Waals surface area contributed by atoms with Crippen molar-refractivity contribution in [3.63, 3.8) is 0 Å². The van der Waals surface area contributed by atoms with Gasteiger partial charge in [0.05, 0.1) is 0 Å². The molecule has 5 aliphatic rings. The van der Waals surface area contributed by atoms with Crippen LogP contribution in [0.5, 0.6) is 0 Å². The molecule has 1 aromatic carbocycles. The highest BCUT2D eigenvalue weighted by atomic mass is 16.6. The number of piperidine rings is 2. The summed E-state index contributed by atoms with van der Waals surface area (Å²) in [6.07, 6.45) is 2.53. The molecule has 6 rings (SSSR count). The van der Waals surface area contributed by atoms with Crippen LogP contribution in [0.4, 0.5) is 10.5 Å². The Balaban J connectivity index is 0.931. The van der Waals surface area contributed by atoms with Gasteiger partial charge in [-0.2, -0.15) is 0 Å². The Bertz CT molecular complexity index is 1220. The second kappa shape index (κ2) is 11.5. The molecule has 0 saturated carbocycles. The molecule has 42 heavy (non-hydrogen) atoms. The van der Waals surface area contributed by atoms with Gasteiger partial charge in [-0.25, -0.2) is 4.79 Å². The standard InChI is InChI=1S/C31H44N6O5/c1-31(2,3)42-30(41)36-10-8-21(9-11-36)17-33-19-24(20-33)35-14-12-34(13-15-35)23-4-5-25-22(16-23)18-37(29(25)40)26-6-7-27(38)32-28(26)39/h4-5,16,21,24,26H,6-15,17-20H2,1-3H3,(H,32,38,39)/t26-/m0/s1. The van der Waals surface area contributed by atoms with E-state index in [9.17, 15) is 19.2 Å². The molecule has 0 aliphatic carbocycles. The Labute approximate surface area is 248 Å². The van der Waals surface area contributed by atoms with Crippen molar-refractivity contribution in [2.75, 3.05) is 63.8 Å². The Morgan fingerprint density at radius 3 is 2.36 bits per heavy atom. The Morgan fingerprint density at radius 2 is 1.69 bits per heavy atom. The third kappa shape index (κ3) is 6.13. The maximum Gasteiger partial charge on any atom is 0.410 e. The first-order valence-electron chi connectivity index (χ1n) is 15.5. The Kier molecular flexibility index (Phi) is 7.91. The van der Waals surface area contributed by atoms with E-state index in [-0.39, 0.29) is 30.2 Å². The molecule has 0 spiro atoms. The normalized spacial score (nSPS) is 25.0. The van der Waals surface area contributed by atoms with Gasteiger partial charge >= 0.3 is 6.09 Å². The lowest BCUT2D eigenvalue weighted by molar-refractivity contribution is -0.136. The summed E-state index contributed by atoms with van der Waals surface area (Å²) in [4.78, 5) is 60.3. The smallest absolute Gasteiger partial charge is 0.410 e. The summed E-state index contributed by atoms with van der Waals surface area (Å²) in [7, 11) is 0. The average molecular weight is 581 g/mol. The van der Waals surface area contributed by atoms with E-state index in [0.29, 0.717) is 30.5 Å². The van der Waals surface area contributed by atoms with Gasteiger partial charge in [-0.3, -0.25) is 29.5 Å².